The second-order valence-corrected chi connectivity index (χ2v) is 5.70. The van der Waals surface area contributed by atoms with Crippen LogP contribution in [0.5, 0.6) is 0 Å². The molecular formula is C17H17ClN2O3. The van der Waals surface area contributed by atoms with Crippen molar-refractivity contribution in [3.8, 4) is 0 Å². The van der Waals surface area contributed by atoms with Gasteiger partial charge in [-0.2, -0.15) is 0 Å². The minimum Gasteiger partial charge on any atom is -0.452 e. The third-order valence-corrected chi connectivity index (χ3v) is 3.43. The normalized spacial score (nSPS) is 10.3. The number of amides is 1. The van der Waals surface area contributed by atoms with Crippen LogP contribution in [0.4, 0.5) is 5.82 Å². The average molecular weight is 333 g/mol. The highest BCUT2D eigenvalue weighted by molar-refractivity contribution is 6.30. The van der Waals surface area contributed by atoms with Gasteiger partial charge in [-0.1, -0.05) is 29.3 Å². The largest absolute Gasteiger partial charge is 0.452 e. The van der Waals surface area contributed by atoms with Gasteiger partial charge in [0, 0.05) is 6.20 Å². The lowest BCUT2D eigenvalue weighted by molar-refractivity contribution is -0.119. The van der Waals surface area contributed by atoms with Crippen LogP contribution in [0.2, 0.25) is 5.02 Å². The molecule has 0 saturated heterocycles. The van der Waals surface area contributed by atoms with Crippen LogP contribution < -0.4 is 5.32 Å². The molecular weight excluding hydrogens is 316 g/mol. The van der Waals surface area contributed by atoms with Gasteiger partial charge in [-0.05, 0) is 44.0 Å². The van der Waals surface area contributed by atoms with Crippen LogP contribution in [0.3, 0.4) is 0 Å². The lowest BCUT2D eigenvalue weighted by Crippen LogP contribution is -2.22. The number of esters is 1. The van der Waals surface area contributed by atoms with Crippen LogP contribution >= 0.6 is 11.6 Å². The lowest BCUT2D eigenvalue weighted by Gasteiger charge is -2.11. The maximum Gasteiger partial charge on any atom is 0.339 e. The molecule has 0 atom stereocenters. The summed E-state index contributed by atoms with van der Waals surface area (Å²) in [6.45, 7) is 5.26. The number of nitrogens with one attached hydrogen (secondary N) is 1. The Morgan fingerprint density at radius 3 is 2.39 bits per heavy atom. The van der Waals surface area contributed by atoms with Gasteiger partial charge in [0.25, 0.3) is 5.91 Å². The van der Waals surface area contributed by atoms with E-state index in [9.17, 15) is 9.59 Å². The molecule has 2 rings (SSSR count). The van der Waals surface area contributed by atoms with Gasteiger partial charge < -0.3 is 10.1 Å². The third kappa shape index (κ3) is 4.53. The van der Waals surface area contributed by atoms with E-state index >= 15 is 0 Å². The monoisotopic (exact) mass is 332 g/mol. The Balaban J connectivity index is 1.96. The second kappa shape index (κ2) is 7.24. The molecule has 0 radical (unpaired) electrons. The van der Waals surface area contributed by atoms with E-state index in [0.717, 1.165) is 16.7 Å². The first kappa shape index (κ1) is 17.0. The zero-order chi connectivity index (χ0) is 17.0. The summed E-state index contributed by atoms with van der Waals surface area (Å²) in [6.07, 6.45) is 1.42. The van der Waals surface area contributed by atoms with Crippen molar-refractivity contribution < 1.29 is 14.3 Å². The molecule has 1 amide bonds. The topological polar surface area (TPSA) is 68.3 Å². The highest BCUT2D eigenvalue weighted by atomic mass is 35.5. The molecule has 1 heterocycles. The summed E-state index contributed by atoms with van der Waals surface area (Å²) in [4.78, 5) is 27.9. The van der Waals surface area contributed by atoms with Gasteiger partial charge in [0.1, 0.15) is 5.82 Å². The zero-order valence-corrected chi connectivity index (χ0v) is 13.9. The first-order valence-electron chi connectivity index (χ1n) is 7.03. The number of carbonyl (C=O) groups is 2. The fourth-order valence-corrected chi connectivity index (χ4v) is 2.45. The molecule has 0 saturated carbocycles. The molecule has 0 spiro atoms. The fourth-order valence-electron chi connectivity index (χ4n) is 2.33. The molecule has 1 aromatic heterocycles. The number of benzene rings is 1. The predicted octanol–water partition coefficient (Wildman–Crippen LogP) is 3.46. The number of halogens is 1. The van der Waals surface area contributed by atoms with Gasteiger partial charge in [0.15, 0.2) is 6.61 Å². The van der Waals surface area contributed by atoms with Crippen molar-refractivity contribution in [3.63, 3.8) is 0 Å². The van der Waals surface area contributed by atoms with Crippen LogP contribution in [0.25, 0.3) is 0 Å². The molecule has 2 aromatic rings. The number of pyridine rings is 1. The first-order chi connectivity index (χ1) is 10.9. The van der Waals surface area contributed by atoms with Gasteiger partial charge in [0.05, 0.1) is 10.6 Å². The first-order valence-corrected chi connectivity index (χ1v) is 7.41. The van der Waals surface area contributed by atoms with E-state index in [1.54, 1.807) is 12.1 Å². The van der Waals surface area contributed by atoms with Crippen LogP contribution in [-0.4, -0.2) is 23.5 Å². The van der Waals surface area contributed by atoms with Crippen LogP contribution in [-0.2, 0) is 9.53 Å². The van der Waals surface area contributed by atoms with Crippen molar-refractivity contribution in [3.05, 3.63) is 57.7 Å². The SMILES string of the molecule is Cc1cc(C)c(C(=O)OCC(=O)Nc2ccc(Cl)cn2)c(C)c1. The molecule has 6 heteroatoms. The molecule has 0 unspecified atom stereocenters. The summed E-state index contributed by atoms with van der Waals surface area (Å²) < 4.78 is 5.08. The van der Waals surface area contributed by atoms with Gasteiger partial charge in [-0.25, -0.2) is 9.78 Å². The van der Waals surface area contributed by atoms with Crippen LogP contribution in [0.15, 0.2) is 30.5 Å². The van der Waals surface area contributed by atoms with E-state index in [4.69, 9.17) is 16.3 Å². The highest BCUT2D eigenvalue weighted by Gasteiger charge is 2.16. The number of carbonyl (C=O) groups excluding carboxylic acids is 2. The zero-order valence-electron chi connectivity index (χ0n) is 13.1. The van der Waals surface area contributed by atoms with E-state index in [-0.39, 0.29) is 6.61 Å². The Kier molecular flexibility index (Phi) is 5.34. The number of aromatic nitrogens is 1. The molecule has 0 aliphatic carbocycles. The summed E-state index contributed by atoms with van der Waals surface area (Å²) >= 11 is 5.71. The van der Waals surface area contributed by atoms with Gasteiger partial charge >= 0.3 is 5.97 Å². The maximum absolute atomic E-state index is 12.2. The van der Waals surface area contributed by atoms with Crippen LogP contribution in [0, 0.1) is 20.8 Å². The number of hydrogen-bond donors (Lipinski definition) is 1. The van der Waals surface area contributed by atoms with Crippen molar-refractivity contribution in [1.82, 2.24) is 4.98 Å². The Hall–Kier alpha value is -2.40. The Bertz CT molecular complexity index is 719. The number of anilines is 1. The Labute approximate surface area is 139 Å². The molecule has 0 bridgehead atoms. The number of rotatable bonds is 4. The third-order valence-electron chi connectivity index (χ3n) is 3.21. The summed E-state index contributed by atoms with van der Waals surface area (Å²) in [5.41, 5.74) is 3.22. The lowest BCUT2D eigenvalue weighted by atomic mass is 10.00. The van der Waals surface area contributed by atoms with E-state index < -0.39 is 11.9 Å². The fraction of sp³-hybridized carbons (Fsp3) is 0.235. The standard InChI is InChI=1S/C17H17ClN2O3/c1-10-6-11(2)16(12(3)7-10)17(22)23-9-15(21)20-14-5-4-13(18)8-19-14/h4-8H,9H2,1-3H3,(H,19,20,21). The van der Waals surface area contributed by atoms with Gasteiger partial charge in [-0.15, -0.1) is 0 Å². The minimum absolute atomic E-state index is 0.346. The van der Waals surface area contributed by atoms with E-state index in [0.29, 0.717) is 16.4 Å². The van der Waals surface area contributed by atoms with Crippen molar-refractivity contribution in [2.45, 2.75) is 20.8 Å². The van der Waals surface area contributed by atoms with Crippen molar-refractivity contribution >= 4 is 29.3 Å². The van der Waals surface area contributed by atoms with Gasteiger partial charge in [-0.3, -0.25) is 4.79 Å². The summed E-state index contributed by atoms with van der Waals surface area (Å²) in [7, 11) is 0. The van der Waals surface area contributed by atoms with Crippen molar-refractivity contribution in [2.24, 2.45) is 0 Å². The van der Waals surface area contributed by atoms with E-state index in [2.05, 4.69) is 10.3 Å². The molecule has 23 heavy (non-hydrogen) atoms. The number of hydrogen-bond acceptors (Lipinski definition) is 4. The number of aryl methyl sites for hydroxylation is 3. The predicted molar refractivity (Wildman–Crippen MR) is 88.8 cm³/mol. The molecule has 0 aliphatic heterocycles. The Morgan fingerprint density at radius 2 is 1.83 bits per heavy atom. The number of ether oxygens (including phenoxy) is 1. The summed E-state index contributed by atoms with van der Waals surface area (Å²) in [6, 6.07) is 6.98. The minimum atomic E-state index is -0.515. The number of nitrogens with zero attached hydrogens (tertiary/aromatic N) is 1. The van der Waals surface area contributed by atoms with Crippen molar-refractivity contribution in [1.29, 1.82) is 0 Å². The summed E-state index contributed by atoms with van der Waals surface area (Å²) in [5.74, 6) is -0.632. The molecule has 1 N–H and O–H groups in total. The molecule has 120 valence electrons. The van der Waals surface area contributed by atoms with Gasteiger partial charge in [0.2, 0.25) is 0 Å². The second-order valence-electron chi connectivity index (χ2n) is 5.26. The molecule has 0 fully saturated rings. The van der Waals surface area contributed by atoms with Crippen LogP contribution in [0.1, 0.15) is 27.0 Å². The van der Waals surface area contributed by atoms with E-state index in [1.165, 1.54) is 6.20 Å². The molecule has 0 aliphatic rings. The van der Waals surface area contributed by atoms with E-state index in [1.807, 2.05) is 32.9 Å². The highest BCUT2D eigenvalue weighted by Crippen LogP contribution is 2.17. The maximum atomic E-state index is 12.2. The quantitative estimate of drug-likeness (QED) is 0.871. The smallest absolute Gasteiger partial charge is 0.339 e. The van der Waals surface area contributed by atoms with Crippen molar-refractivity contribution in [2.75, 3.05) is 11.9 Å². The molecule has 5 nitrogen and oxygen atoms in total. The summed E-state index contributed by atoms with van der Waals surface area (Å²) in [5, 5.41) is 3.00. The molecule has 1 aromatic carbocycles. The Morgan fingerprint density at radius 1 is 1.17 bits per heavy atom. The average Bonchev–Trinajstić information content (AvgIpc) is 2.46.